The lowest BCUT2D eigenvalue weighted by atomic mass is 9.68. The molecule has 0 bridgehead atoms. The van der Waals surface area contributed by atoms with E-state index in [4.69, 9.17) is 9.47 Å². The van der Waals surface area contributed by atoms with E-state index in [1.54, 1.807) is 0 Å². The molecule has 0 unspecified atom stereocenters. The highest BCUT2D eigenvalue weighted by Crippen LogP contribution is 2.39. The molecular formula is C21H24O3. The van der Waals surface area contributed by atoms with Gasteiger partial charge in [0.25, 0.3) is 0 Å². The Bertz CT molecular complexity index is 639. The molecule has 3 heteroatoms. The smallest absolute Gasteiger partial charge is 0.0808 e. The summed E-state index contributed by atoms with van der Waals surface area (Å²) in [5.41, 5.74) is 3.15. The highest BCUT2D eigenvalue weighted by molar-refractivity contribution is 5.22. The van der Waals surface area contributed by atoms with Gasteiger partial charge in [-0.1, -0.05) is 67.2 Å². The third kappa shape index (κ3) is 4.12. The van der Waals surface area contributed by atoms with Gasteiger partial charge in [0.05, 0.1) is 32.5 Å². The average molecular weight is 324 g/mol. The second kappa shape index (κ2) is 8.25. The van der Waals surface area contributed by atoms with E-state index in [1.807, 2.05) is 60.7 Å². The monoisotopic (exact) mass is 324 g/mol. The first-order chi connectivity index (χ1) is 11.8. The Morgan fingerprint density at radius 2 is 1.29 bits per heavy atom. The van der Waals surface area contributed by atoms with Crippen molar-refractivity contribution in [3.8, 4) is 0 Å². The van der Waals surface area contributed by atoms with Gasteiger partial charge in [-0.15, -0.1) is 0 Å². The van der Waals surface area contributed by atoms with E-state index in [0.29, 0.717) is 26.4 Å². The zero-order valence-electron chi connectivity index (χ0n) is 13.8. The molecule has 1 N–H and O–H groups in total. The second-order valence-corrected chi connectivity index (χ2v) is 6.29. The first kappa shape index (κ1) is 16.9. The normalized spacial score (nSPS) is 23.0. The average Bonchev–Trinajstić information content (AvgIpc) is 2.64. The molecule has 1 fully saturated rings. The molecule has 0 saturated heterocycles. The summed E-state index contributed by atoms with van der Waals surface area (Å²) in [4.78, 5) is 0. The molecule has 2 aromatic carbocycles. The van der Waals surface area contributed by atoms with Crippen LogP contribution >= 0.6 is 0 Å². The summed E-state index contributed by atoms with van der Waals surface area (Å²) in [5, 5.41) is 10.1. The predicted octanol–water partition coefficient (Wildman–Crippen LogP) is 3.58. The molecule has 0 aliphatic heterocycles. The van der Waals surface area contributed by atoms with Crippen LogP contribution in [0.25, 0.3) is 0 Å². The van der Waals surface area contributed by atoms with Crippen molar-refractivity contribution in [2.45, 2.75) is 19.3 Å². The van der Waals surface area contributed by atoms with Crippen LogP contribution in [0.1, 0.15) is 11.1 Å². The summed E-state index contributed by atoms with van der Waals surface area (Å²) < 4.78 is 11.6. The van der Waals surface area contributed by atoms with Crippen LogP contribution in [0, 0.1) is 11.8 Å². The van der Waals surface area contributed by atoms with Crippen LogP contribution in [0.15, 0.2) is 72.8 Å². The molecule has 0 spiro atoms. The molecule has 3 rings (SSSR count). The van der Waals surface area contributed by atoms with Crippen molar-refractivity contribution in [1.29, 1.82) is 0 Å². The van der Waals surface area contributed by atoms with Gasteiger partial charge in [-0.3, -0.25) is 0 Å². The van der Waals surface area contributed by atoms with Gasteiger partial charge >= 0.3 is 0 Å². The molecule has 0 heterocycles. The maximum absolute atomic E-state index is 10.1. The zero-order chi connectivity index (χ0) is 16.8. The van der Waals surface area contributed by atoms with Crippen LogP contribution in [0.3, 0.4) is 0 Å². The molecule has 126 valence electrons. The van der Waals surface area contributed by atoms with E-state index in [9.17, 15) is 5.11 Å². The van der Waals surface area contributed by atoms with Crippen molar-refractivity contribution in [2.75, 3.05) is 13.2 Å². The van der Waals surface area contributed by atoms with Crippen molar-refractivity contribution in [1.82, 2.24) is 0 Å². The van der Waals surface area contributed by atoms with E-state index in [1.165, 1.54) is 0 Å². The fourth-order valence-corrected chi connectivity index (χ4v) is 3.07. The third-order valence-corrected chi connectivity index (χ3v) is 4.61. The predicted molar refractivity (Wildman–Crippen MR) is 94.3 cm³/mol. The van der Waals surface area contributed by atoms with Crippen molar-refractivity contribution in [2.24, 2.45) is 11.8 Å². The number of benzene rings is 2. The van der Waals surface area contributed by atoms with Crippen LogP contribution in [0.2, 0.25) is 0 Å². The van der Waals surface area contributed by atoms with Gasteiger partial charge in [-0.05, 0) is 16.7 Å². The van der Waals surface area contributed by atoms with E-state index in [0.717, 1.165) is 16.7 Å². The highest BCUT2D eigenvalue weighted by atomic mass is 16.5. The van der Waals surface area contributed by atoms with E-state index < -0.39 is 6.10 Å². The van der Waals surface area contributed by atoms with E-state index >= 15 is 0 Å². The van der Waals surface area contributed by atoms with Gasteiger partial charge in [-0.25, -0.2) is 0 Å². The summed E-state index contributed by atoms with van der Waals surface area (Å²) in [7, 11) is 0. The summed E-state index contributed by atoms with van der Waals surface area (Å²) in [6.07, 6.45) is -0.480. The minimum absolute atomic E-state index is 0.0667. The van der Waals surface area contributed by atoms with Crippen molar-refractivity contribution in [3.63, 3.8) is 0 Å². The molecule has 3 atom stereocenters. The summed E-state index contributed by atoms with van der Waals surface area (Å²) in [6.45, 7) is 6.22. The maximum atomic E-state index is 10.1. The van der Waals surface area contributed by atoms with Gasteiger partial charge in [0.15, 0.2) is 0 Å². The number of hydrogen-bond donors (Lipinski definition) is 1. The van der Waals surface area contributed by atoms with Gasteiger partial charge < -0.3 is 14.6 Å². The van der Waals surface area contributed by atoms with E-state index in [2.05, 4.69) is 6.58 Å². The molecule has 24 heavy (non-hydrogen) atoms. The Morgan fingerprint density at radius 3 is 1.83 bits per heavy atom. The summed E-state index contributed by atoms with van der Waals surface area (Å²) in [6, 6.07) is 20.2. The Balaban J connectivity index is 1.43. The third-order valence-electron chi connectivity index (χ3n) is 4.61. The second-order valence-electron chi connectivity index (χ2n) is 6.29. The quantitative estimate of drug-likeness (QED) is 0.754. The zero-order valence-corrected chi connectivity index (χ0v) is 13.8. The van der Waals surface area contributed by atoms with Gasteiger partial charge in [0.2, 0.25) is 0 Å². The molecule has 1 saturated carbocycles. The lowest BCUT2D eigenvalue weighted by Crippen LogP contribution is -2.48. The molecule has 0 aromatic heterocycles. The minimum Gasteiger partial charge on any atom is -0.388 e. The van der Waals surface area contributed by atoms with Crippen molar-refractivity contribution in [3.05, 3.63) is 83.9 Å². The first-order valence-corrected chi connectivity index (χ1v) is 8.36. The Hall–Kier alpha value is -1.94. The van der Waals surface area contributed by atoms with Crippen LogP contribution in [-0.4, -0.2) is 24.4 Å². The Labute approximate surface area is 143 Å². The molecule has 2 aromatic rings. The SMILES string of the molecule is C=C1[C@H](O)[C@H](COCc2ccccc2)[C@H]1COCc1ccccc1. The minimum atomic E-state index is -0.480. The topological polar surface area (TPSA) is 38.7 Å². The number of hydrogen-bond acceptors (Lipinski definition) is 3. The van der Waals surface area contributed by atoms with Gasteiger partial charge in [0, 0.05) is 11.8 Å². The first-order valence-electron chi connectivity index (χ1n) is 8.36. The van der Waals surface area contributed by atoms with Crippen LogP contribution in [-0.2, 0) is 22.7 Å². The fourth-order valence-electron chi connectivity index (χ4n) is 3.07. The molecular weight excluding hydrogens is 300 g/mol. The Morgan fingerprint density at radius 1 is 0.792 bits per heavy atom. The van der Waals surface area contributed by atoms with Gasteiger partial charge in [-0.2, -0.15) is 0 Å². The molecule has 1 aliphatic rings. The number of ether oxygens (including phenoxy) is 2. The molecule has 1 aliphatic carbocycles. The summed E-state index contributed by atoms with van der Waals surface area (Å²) >= 11 is 0. The molecule has 0 radical (unpaired) electrons. The lowest BCUT2D eigenvalue weighted by Gasteiger charge is -2.43. The maximum Gasteiger partial charge on any atom is 0.0808 e. The number of aliphatic hydroxyl groups is 1. The largest absolute Gasteiger partial charge is 0.388 e. The van der Waals surface area contributed by atoms with Crippen LogP contribution in [0.4, 0.5) is 0 Å². The molecule has 3 nitrogen and oxygen atoms in total. The van der Waals surface area contributed by atoms with Crippen molar-refractivity contribution < 1.29 is 14.6 Å². The number of rotatable bonds is 8. The van der Waals surface area contributed by atoms with Crippen molar-refractivity contribution >= 4 is 0 Å². The highest BCUT2D eigenvalue weighted by Gasteiger charge is 2.43. The van der Waals surface area contributed by atoms with Gasteiger partial charge in [0.1, 0.15) is 0 Å². The fraction of sp³-hybridized carbons (Fsp3) is 0.333. The van der Waals surface area contributed by atoms with Crippen LogP contribution < -0.4 is 0 Å². The Kier molecular flexibility index (Phi) is 5.81. The van der Waals surface area contributed by atoms with E-state index in [-0.39, 0.29) is 11.8 Å². The standard InChI is InChI=1S/C21H24O3/c1-16-19(14-23-12-17-8-4-2-5-9-17)20(21(16)22)15-24-13-18-10-6-3-7-11-18/h2-11,19-22H,1,12-15H2/t19-,20+,21-/m0/s1. The summed E-state index contributed by atoms with van der Waals surface area (Å²) in [5.74, 6) is 0.233. The number of aliphatic hydroxyl groups excluding tert-OH is 1. The van der Waals surface area contributed by atoms with Crippen LogP contribution in [0.5, 0.6) is 0 Å². The lowest BCUT2D eigenvalue weighted by molar-refractivity contribution is -0.0595. The molecule has 0 amide bonds.